The van der Waals surface area contributed by atoms with E-state index >= 15 is 0 Å². The summed E-state index contributed by atoms with van der Waals surface area (Å²) in [6.45, 7) is 4.33. The van der Waals surface area contributed by atoms with Crippen LogP contribution in [0.1, 0.15) is 31.9 Å². The highest BCUT2D eigenvalue weighted by molar-refractivity contribution is 5.95. The van der Waals surface area contributed by atoms with E-state index in [0.29, 0.717) is 5.69 Å². The van der Waals surface area contributed by atoms with E-state index in [4.69, 9.17) is 10.9 Å². The van der Waals surface area contributed by atoms with Gasteiger partial charge in [0.1, 0.15) is 5.69 Å². The molecule has 18 heavy (non-hydrogen) atoms. The van der Waals surface area contributed by atoms with E-state index in [1.807, 2.05) is 6.07 Å². The van der Waals surface area contributed by atoms with Gasteiger partial charge in [-0.15, -0.1) is 0 Å². The standard InChI is InChI=1S/C13H20N4O/c1-2-7-17(9-10-3-4-10)11-5-6-12(15-8-11)13(14)16-18/h5-6,8,10,18H,2-4,7,9H2,1H3,(H2,14,16). The molecule has 0 atom stereocenters. The minimum Gasteiger partial charge on any atom is -0.409 e. The van der Waals surface area contributed by atoms with Crippen LogP contribution in [0.15, 0.2) is 23.5 Å². The third kappa shape index (κ3) is 3.12. The van der Waals surface area contributed by atoms with Crippen molar-refractivity contribution in [1.29, 1.82) is 0 Å². The summed E-state index contributed by atoms with van der Waals surface area (Å²) in [7, 11) is 0. The molecular formula is C13H20N4O. The lowest BCUT2D eigenvalue weighted by Crippen LogP contribution is -2.27. The smallest absolute Gasteiger partial charge is 0.188 e. The molecular weight excluding hydrogens is 228 g/mol. The van der Waals surface area contributed by atoms with Crippen LogP contribution in [0.25, 0.3) is 0 Å². The van der Waals surface area contributed by atoms with E-state index in [1.165, 1.54) is 12.8 Å². The zero-order valence-electron chi connectivity index (χ0n) is 10.7. The molecule has 0 bridgehead atoms. The number of nitrogens with zero attached hydrogens (tertiary/aromatic N) is 3. The summed E-state index contributed by atoms with van der Waals surface area (Å²) in [5.41, 5.74) is 7.11. The number of nitrogens with two attached hydrogens (primary N) is 1. The lowest BCUT2D eigenvalue weighted by Gasteiger charge is -2.24. The van der Waals surface area contributed by atoms with E-state index in [-0.39, 0.29) is 5.84 Å². The van der Waals surface area contributed by atoms with Gasteiger partial charge in [-0.05, 0) is 37.3 Å². The molecule has 2 rings (SSSR count). The molecule has 1 aliphatic rings. The Bertz CT molecular complexity index is 412. The van der Waals surface area contributed by atoms with Crippen LogP contribution in [-0.2, 0) is 0 Å². The molecule has 1 aromatic heterocycles. The van der Waals surface area contributed by atoms with Crippen molar-refractivity contribution >= 4 is 11.5 Å². The Morgan fingerprint density at radius 3 is 2.83 bits per heavy atom. The molecule has 0 amide bonds. The van der Waals surface area contributed by atoms with Crippen LogP contribution in [0.4, 0.5) is 5.69 Å². The van der Waals surface area contributed by atoms with Gasteiger partial charge in [-0.25, -0.2) is 0 Å². The predicted molar refractivity (Wildman–Crippen MR) is 72.0 cm³/mol. The maximum absolute atomic E-state index is 8.59. The fourth-order valence-electron chi connectivity index (χ4n) is 1.98. The summed E-state index contributed by atoms with van der Waals surface area (Å²) in [6, 6.07) is 3.78. The van der Waals surface area contributed by atoms with Gasteiger partial charge < -0.3 is 15.8 Å². The molecule has 1 aromatic rings. The number of hydrogen-bond acceptors (Lipinski definition) is 4. The van der Waals surface area contributed by atoms with E-state index in [1.54, 1.807) is 12.3 Å². The van der Waals surface area contributed by atoms with Crippen LogP contribution in [-0.4, -0.2) is 29.1 Å². The second-order valence-electron chi connectivity index (χ2n) is 4.78. The molecule has 98 valence electrons. The molecule has 3 N–H and O–H groups in total. The quantitative estimate of drug-likeness (QED) is 0.348. The largest absolute Gasteiger partial charge is 0.409 e. The summed E-state index contributed by atoms with van der Waals surface area (Å²) in [4.78, 5) is 6.58. The highest BCUT2D eigenvalue weighted by Gasteiger charge is 2.24. The number of oxime groups is 1. The van der Waals surface area contributed by atoms with Crippen LogP contribution in [0.2, 0.25) is 0 Å². The first-order valence-corrected chi connectivity index (χ1v) is 6.43. The van der Waals surface area contributed by atoms with Gasteiger partial charge in [-0.1, -0.05) is 12.1 Å². The number of amidine groups is 1. The van der Waals surface area contributed by atoms with Gasteiger partial charge in [-0.3, -0.25) is 4.98 Å². The van der Waals surface area contributed by atoms with Crippen LogP contribution in [0.3, 0.4) is 0 Å². The average Bonchev–Trinajstić information content (AvgIpc) is 3.21. The minimum atomic E-state index is 0.0470. The highest BCUT2D eigenvalue weighted by atomic mass is 16.4. The fourth-order valence-corrected chi connectivity index (χ4v) is 1.98. The highest BCUT2D eigenvalue weighted by Crippen LogP contribution is 2.31. The first-order chi connectivity index (χ1) is 8.74. The van der Waals surface area contributed by atoms with E-state index in [0.717, 1.165) is 31.1 Å². The number of pyridine rings is 1. The molecule has 1 saturated carbocycles. The number of anilines is 1. The van der Waals surface area contributed by atoms with Crippen molar-refractivity contribution < 1.29 is 5.21 Å². The molecule has 0 unspecified atom stereocenters. The Kier molecular flexibility index (Phi) is 4.02. The van der Waals surface area contributed by atoms with Gasteiger partial charge in [0.25, 0.3) is 0 Å². The van der Waals surface area contributed by atoms with E-state index in [9.17, 15) is 0 Å². The Balaban J connectivity index is 2.09. The molecule has 0 saturated heterocycles. The van der Waals surface area contributed by atoms with Gasteiger partial charge in [0.2, 0.25) is 0 Å². The van der Waals surface area contributed by atoms with Crippen molar-refractivity contribution in [3.05, 3.63) is 24.0 Å². The molecule has 5 nitrogen and oxygen atoms in total. The zero-order valence-corrected chi connectivity index (χ0v) is 10.7. The van der Waals surface area contributed by atoms with Crippen LogP contribution in [0, 0.1) is 5.92 Å². The monoisotopic (exact) mass is 248 g/mol. The second-order valence-corrected chi connectivity index (χ2v) is 4.78. The molecule has 0 radical (unpaired) electrons. The van der Waals surface area contributed by atoms with Crippen molar-refractivity contribution in [3.63, 3.8) is 0 Å². The number of rotatable bonds is 6. The summed E-state index contributed by atoms with van der Waals surface area (Å²) < 4.78 is 0. The first kappa shape index (κ1) is 12.7. The molecule has 1 fully saturated rings. The minimum absolute atomic E-state index is 0.0470. The van der Waals surface area contributed by atoms with E-state index in [2.05, 4.69) is 22.0 Å². The number of hydrogen-bond donors (Lipinski definition) is 2. The Labute approximate surface area is 107 Å². The third-order valence-corrected chi connectivity index (χ3v) is 3.15. The van der Waals surface area contributed by atoms with Gasteiger partial charge >= 0.3 is 0 Å². The van der Waals surface area contributed by atoms with Gasteiger partial charge in [-0.2, -0.15) is 0 Å². The maximum Gasteiger partial charge on any atom is 0.188 e. The van der Waals surface area contributed by atoms with Crippen LogP contribution >= 0.6 is 0 Å². The first-order valence-electron chi connectivity index (χ1n) is 6.43. The van der Waals surface area contributed by atoms with Crippen LogP contribution < -0.4 is 10.6 Å². The molecule has 0 aromatic carbocycles. The second kappa shape index (κ2) is 5.71. The summed E-state index contributed by atoms with van der Waals surface area (Å²) in [5.74, 6) is 0.895. The van der Waals surface area contributed by atoms with Gasteiger partial charge in [0, 0.05) is 13.1 Å². The lowest BCUT2D eigenvalue weighted by atomic mass is 10.2. The topological polar surface area (TPSA) is 74.7 Å². The summed E-state index contributed by atoms with van der Waals surface area (Å²) in [5, 5.41) is 11.5. The maximum atomic E-state index is 8.59. The van der Waals surface area contributed by atoms with Gasteiger partial charge in [0.15, 0.2) is 5.84 Å². The van der Waals surface area contributed by atoms with Crippen molar-refractivity contribution in [3.8, 4) is 0 Å². The molecule has 0 spiro atoms. The summed E-state index contributed by atoms with van der Waals surface area (Å²) in [6.07, 6.45) is 5.60. The Morgan fingerprint density at radius 2 is 2.33 bits per heavy atom. The summed E-state index contributed by atoms with van der Waals surface area (Å²) >= 11 is 0. The van der Waals surface area contributed by atoms with Crippen molar-refractivity contribution in [2.45, 2.75) is 26.2 Å². The predicted octanol–water partition coefficient (Wildman–Crippen LogP) is 1.80. The van der Waals surface area contributed by atoms with Crippen molar-refractivity contribution in [2.75, 3.05) is 18.0 Å². The van der Waals surface area contributed by atoms with Crippen LogP contribution in [0.5, 0.6) is 0 Å². The molecule has 5 heteroatoms. The lowest BCUT2D eigenvalue weighted by molar-refractivity contribution is 0.318. The molecule has 1 aliphatic carbocycles. The van der Waals surface area contributed by atoms with E-state index < -0.39 is 0 Å². The molecule has 0 aliphatic heterocycles. The van der Waals surface area contributed by atoms with Crippen molar-refractivity contribution in [2.24, 2.45) is 16.8 Å². The fraction of sp³-hybridized carbons (Fsp3) is 0.538. The zero-order chi connectivity index (χ0) is 13.0. The SMILES string of the molecule is CCCN(CC1CC1)c1ccc(/C(N)=N/O)nc1. The molecule has 1 heterocycles. The third-order valence-electron chi connectivity index (χ3n) is 3.15. The number of aromatic nitrogens is 1. The average molecular weight is 248 g/mol. The van der Waals surface area contributed by atoms with Crippen molar-refractivity contribution in [1.82, 2.24) is 4.98 Å². The van der Waals surface area contributed by atoms with Gasteiger partial charge in [0.05, 0.1) is 11.9 Å². The Morgan fingerprint density at radius 1 is 1.56 bits per heavy atom. The normalized spacial score (nSPS) is 15.7. The Hall–Kier alpha value is -1.78.